The molecule has 1 fully saturated rings. The molecule has 2 N–H and O–H groups in total. The smallest absolute Gasteiger partial charge is 0.155 e. The Bertz CT molecular complexity index is 976. The monoisotopic (exact) mass is 419 g/mol. The summed E-state index contributed by atoms with van der Waals surface area (Å²) in [5, 5.41) is 10.8. The molecule has 1 unspecified atom stereocenters. The van der Waals surface area contributed by atoms with Crippen molar-refractivity contribution in [3.05, 3.63) is 30.9 Å². The zero-order chi connectivity index (χ0) is 19.8. The standard InChI is InChI=1S/C20H26FN7.ClH/c1-19(2,3)28-11-14(10-26-28)15-9-16-17(24-8-7-23-16)18(27-15)25-13-20(21)5-4-6-22-12-20;/h7-11,22H,4-6,12-13H2,1-3H3,(H,25,27);1H. The lowest BCUT2D eigenvalue weighted by Crippen LogP contribution is -2.46. The van der Waals surface area contributed by atoms with Gasteiger partial charge in [0, 0.05) is 30.7 Å². The van der Waals surface area contributed by atoms with Crippen LogP contribution in [0.3, 0.4) is 0 Å². The van der Waals surface area contributed by atoms with Gasteiger partial charge in [-0.3, -0.25) is 9.67 Å². The first-order chi connectivity index (χ1) is 13.3. The first-order valence-corrected chi connectivity index (χ1v) is 9.65. The van der Waals surface area contributed by atoms with Gasteiger partial charge in [0.1, 0.15) is 11.2 Å². The predicted octanol–water partition coefficient (Wildman–Crippen LogP) is 3.57. The second kappa shape index (κ2) is 8.20. The van der Waals surface area contributed by atoms with E-state index >= 15 is 4.39 Å². The summed E-state index contributed by atoms with van der Waals surface area (Å²) in [7, 11) is 0. The Balaban J connectivity index is 0.00000240. The molecule has 7 nitrogen and oxygen atoms in total. The van der Waals surface area contributed by atoms with Crippen LogP contribution in [0.2, 0.25) is 0 Å². The number of aromatic nitrogens is 5. The zero-order valence-corrected chi connectivity index (χ0v) is 17.8. The third-order valence-corrected chi connectivity index (χ3v) is 5.02. The molecule has 0 spiro atoms. The molecule has 0 saturated carbocycles. The molecular formula is C20H27ClFN7. The van der Waals surface area contributed by atoms with Gasteiger partial charge in [0.2, 0.25) is 0 Å². The molecule has 0 radical (unpaired) electrons. The van der Waals surface area contributed by atoms with Gasteiger partial charge < -0.3 is 10.6 Å². The van der Waals surface area contributed by atoms with Crippen molar-refractivity contribution in [2.45, 2.75) is 44.8 Å². The Labute approximate surface area is 175 Å². The largest absolute Gasteiger partial charge is 0.365 e. The van der Waals surface area contributed by atoms with E-state index in [1.54, 1.807) is 18.6 Å². The molecule has 0 aliphatic carbocycles. The zero-order valence-electron chi connectivity index (χ0n) is 16.9. The highest BCUT2D eigenvalue weighted by atomic mass is 35.5. The van der Waals surface area contributed by atoms with E-state index in [0.29, 0.717) is 29.8 Å². The van der Waals surface area contributed by atoms with Gasteiger partial charge in [-0.05, 0) is 46.2 Å². The molecule has 1 aliphatic rings. The molecule has 3 aromatic heterocycles. The van der Waals surface area contributed by atoms with Gasteiger partial charge >= 0.3 is 0 Å². The topological polar surface area (TPSA) is 80.5 Å². The van der Waals surface area contributed by atoms with Crippen molar-refractivity contribution in [2.24, 2.45) is 0 Å². The maximum absolute atomic E-state index is 15.0. The van der Waals surface area contributed by atoms with Crippen LogP contribution in [0, 0.1) is 0 Å². The van der Waals surface area contributed by atoms with Gasteiger partial charge in [-0.2, -0.15) is 5.10 Å². The van der Waals surface area contributed by atoms with Crippen molar-refractivity contribution in [3.63, 3.8) is 0 Å². The number of piperidine rings is 1. The lowest BCUT2D eigenvalue weighted by atomic mass is 9.96. The third-order valence-electron chi connectivity index (χ3n) is 5.02. The summed E-state index contributed by atoms with van der Waals surface area (Å²) in [4.78, 5) is 13.5. The van der Waals surface area contributed by atoms with Crippen molar-refractivity contribution in [2.75, 3.05) is 25.0 Å². The van der Waals surface area contributed by atoms with E-state index < -0.39 is 5.67 Å². The molecule has 9 heteroatoms. The lowest BCUT2D eigenvalue weighted by molar-refractivity contribution is 0.137. The van der Waals surface area contributed by atoms with Crippen molar-refractivity contribution < 1.29 is 4.39 Å². The number of hydrogen-bond acceptors (Lipinski definition) is 6. The summed E-state index contributed by atoms with van der Waals surface area (Å²) in [6.45, 7) is 7.68. The van der Waals surface area contributed by atoms with E-state index in [4.69, 9.17) is 4.98 Å². The minimum absolute atomic E-state index is 0. The molecule has 1 aliphatic heterocycles. The van der Waals surface area contributed by atoms with Gasteiger partial charge in [-0.15, -0.1) is 12.4 Å². The van der Waals surface area contributed by atoms with Gasteiger partial charge in [-0.1, -0.05) is 0 Å². The van der Waals surface area contributed by atoms with Gasteiger partial charge in [0.25, 0.3) is 0 Å². The molecule has 4 rings (SSSR count). The first-order valence-electron chi connectivity index (χ1n) is 9.65. The Morgan fingerprint density at radius 1 is 1.28 bits per heavy atom. The van der Waals surface area contributed by atoms with E-state index in [-0.39, 0.29) is 24.5 Å². The molecule has 1 saturated heterocycles. The predicted molar refractivity (Wildman–Crippen MR) is 115 cm³/mol. The van der Waals surface area contributed by atoms with E-state index in [0.717, 1.165) is 24.2 Å². The number of alkyl halides is 1. The average molecular weight is 420 g/mol. The maximum Gasteiger partial charge on any atom is 0.155 e. The minimum Gasteiger partial charge on any atom is -0.365 e. The number of rotatable bonds is 4. The summed E-state index contributed by atoms with van der Waals surface area (Å²) in [6, 6.07) is 1.89. The molecule has 4 heterocycles. The summed E-state index contributed by atoms with van der Waals surface area (Å²) >= 11 is 0. The highest BCUT2D eigenvalue weighted by Crippen LogP contribution is 2.28. The van der Waals surface area contributed by atoms with Crippen molar-refractivity contribution in [3.8, 4) is 11.3 Å². The number of fused-ring (bicyclic) bond motifs is 1. The second-order valence-electron chi connectivity index (χ2n) is 8.41. The molecule has 0 bridgehead atoms. The Morgan fingerprint density at radius 3 is 2.76 bits per heavy atom. The van der Waals surface area contributed by atoms with Crippen molar-refractivity contribution >= 4 is 29.3 Å². The molecular weight excluding hydrogens is 393 g/mol. The molecule has 3 aromatic rings. The number of anilines is 1. The van der Waals surface area contributed by atoms with Crippen LogP contribution in [0.4, 0.5) is 10.2 Å². The van der Waals surface area contributed by atoms with Gasteiger partial charge in [0.15, 0.2) is 5.82 Å². The molecule has 29 heavy (non-hydrogen) atoms. The van der Waals surface area contributed by atoms with Gasteiger partial charge in [0.05, 0.1) is 29.5 Å². The van der Waals surface area contributed by atoms with Crippen molar-refractivity contribution in [1.82, 2.24) is 30.0 Å². The van der Waals surface area contributed by atoms with Crippen LogP contribution < -0.4 is 10.6 Å². The van der Waals surface area contributed by atoms with Crippen LogP contribution >= 0.6 is 12.4 Å². The molecule has 0 amide bonds. The fraction of sp³-hybridized carbons (Fsp3) is 0.500. The van der Waals surface area contributed by atoms with Crippen LogP contribution in [-0.2, 0) is 5.54 Å². The van der Waals surface area contributed by atoms with E-state index in [9.17, 15) is 0 Å². The average Bonchev–Trinajstić information content (AvgIpc) is 3.17. The highest BCUT2D eigenvalue weighted by molar-refractivity contribution is 5.88. The quantitative estimate of drug-likeness (QED) is 0.672. The van der Waals surface area contributed by atoms with E-state index in [1.807, 2.05) is 16.9 Å². The summed E-state index contributed by atoms with van der Waals surface area (Å²) in [5.41, 5.74) is 1.57. The Morgan fingerprint density at radius 2 is 2.07 bits per heavy atom. The fourth-order valence-corrected chi connectivity index (χ4v) is 3.39. The van der Waals surface area contributed by atoms with Gasteiger partial charge in [-0.25, -0.2) is 14.4 Å². The Hall–Kier alpha value is -2.32. The van der Waals surface area contributed by atoms with Crippen LogP contribution in [-0.4, -0.2) is 50.0 Å². The summed E-state index contributed by atoms with van der Waals surface area (Å²) in [5.74, 6) is 0.548. The summed E-state index contributed by atoms with van der Waals surface area (Å²) < 4.78 is 16.9. The molecule has 156 valence electrons. The third kappa shape index (κ3) is 4.64. The van der Waals surface area contributed by atoms with Crippen molar-refractivity contribution in [1.29, 1.82) is 0 Å². The van der Waals surface area contributed by atoms with E-state index in [1.165, 1.54) is 0 Å². The maximum atomic E-state index is 15.0. The minimum atomic E-state index is -1.29. The number of pyridine rings is 1. The fourth-order valence-electron chi connectivity index (χ4n) is 3.39. The van der Waals surface area contributed by atoms with Crippen LogP contribution in [0.5, 0.6) is 0 Å². The highest BCUT2D eigenvalue weighted by Gasteiger charge is 2.31. The first kappa shape index (κ1) is 21.4. The SMILES string of the molecule is CC(C)(C)n1cc(-c2cc3nccnc3c(NCC3(F)CCCNC3)n2)cn1.Cl. The molecule has 0 aromatic carbocycles. The van der Waals surface area contributed by atoms with Crippen LogP contribution in [0.1, 0.15) is 33.6 Å². The number of nitrogens with zero attached hydrogens (tertiary/aromatic N) is 5. The Kier molecular flexibility index (Phi) is 6.05. The number of nitrogens with one attached hydrogen (secondary N) is 2. The lowest BCUT2D eigenvalue weighted by Gasteiger charge is -2.30. The normalized spacial score (nSPS) is 19.7. The number of halogens is 2. The second-order valence-corrected chi connectivity index (χ2v) is 8.41. The number of hydrogen-bond donors (Lipinski definition) is 2. The van der Waals surface area contributed by atoms with Crippen LogP contribution in [0.25, 0.3) is 22.3 Å². The molecule has 1 atom stereocenters. The summed E-state index contributed by atoms with van der Waals surface area (Å²) in [6.07, 6.45) is 8.40. The van der Waals surface area contributed by atoms with Crippen LogP contribution in [0.15, 0.2) is 30.9 Å². The van der Waals surface area contributed by atoms with E-state index in [2.05, 4.69) is 46.5 Å².